The number of carbonyl (C=O) groups excluding carboxylic acids is 2. The van der Waals surface area contributed by atoms with E-state index in [-0.39, 0.29) is 18.3 Å². The van der Waals surface area contributed by atoms with Crippen LogP contribution in [0, 0.1) is 0 Å². The second-order valence-electron chi connectivity index (χ2n) is 6.99. The van der Waals surface area contributed by atoms with Crippen molar-refractivity contribution in [3.63, 3.8) is 0 Å². The van der Waals surface area contributed by atoms with E-state index in [4.69, 9.17) is 20.8 Å². The largest absolute Gasteiger partial charge is 0.484 e. The summed E-state index contributed by atoms with van der Waals surface area (Å²) >= 11 is 9.48. The second kappa shape index (κ2) is 9.93. The minimum atomic E-state index is -0.434. The monoisotopic (exact) mass is 528 g/mol. The minimum absolute atomic E-state index is 0.115. The Labute approximate surface area is 202 Å². The van der Waals surface area contributed by atoms with Crippen LogP contribution in [-0.4, -0.2) is 21.6 Å². The molecule has 33 heavy (non-hydrogen) atoms. The van der Waals surface area contributed by atoms with E-state index in [0.717, 1.165) is 4.47 Å². The molecule has 0 spiro atoms. The summed E-state index contributed by atoms with van der Waals surface area (Å²) in [5.41, 5.74) is 1.31. The Morgan fingerprint density at radius 2 is 1.82 bits per heavy atom. The molecule has 4 rings (SSSR count). The lowest BCUT2D eigenvalue weighted by Gasteiger charge is -2.08. The number of nitrogens with zero attached hydrogens (tertiary/aromatic N) is 2. The molecule has 4 aromatic rings. The second-order valence-corrected chi connectivity index (χ2v) is 8.32. The number of furan rings is 1. The summed E-state index contributed by atoms with van der Waals surface area (Å²) in [7, 11) is 1.73. The van der Waals surface area contributed by atoms with Gasteiger partial charge in [-0.15, -0.1) is 0 Å². The van der Waals surface area contributed by atoms with Gasteiger partial charge >= 0.3 is 0 Å². The van der Waals surface area contributed by atoms with Crippen molar-refractivity contribution in [2.75, 3.05) is 10.6 Å². The Kier molecular flexibility index (Phi) is 6.81. The van der Waals surface area contributed by atoms with Crippen molar-refractivity contribution in [1.82, 2.24) is 9.78 Å². The van der Waals surface area contributed by atoms with Crippen LogP contribution in [0.3, 0.4) is 0 Å². The van der Waals surface area contributed by atoms with Crippen molar-refractivity contribution in [2.45, 2.75) is 6.61 Å². The van der Waals surface area contributed by atoms with Gasteiger partial charge in [0.25, 0.3) is 11.8 Å². The van der Waals surface area contributed by atoms with Crippen LogP contribution in [0.2, 0.25) is 5.02 Å². The molecule has 0 radical (unpaired) electrons. The highest BCUT2D eigenvalue weighted by Crippen LogP contribution is 2.28. The van der Waals surface area contributed by atoms with E-state index >= 15 is 0 Å². The van der Waals surface area contributed by atoms with Gasteiger partial charge in [0, 0.05) is 29.1 Å². The van der Waals surface area contributed by atoms with Crippen LogP contribution in [0.5, 0.6) is 5.75 Å². The Hall–Kier alpha value is -3.56. The average molecular weight is 530 g/mol. The summed E-state index contributed by atoms with van der Waals surface area (Å²) in [6.45, 7) is 0.115. The normalized spacial score (nSPS) is 10.6. The molecule has 2 heterocycles. The SMILES string of the molecule is Cn1ccc(C(=O)Nc2cccc(NC(=O)c3ccc(COc4ccc(Br)cc4Cl)o3)c2)n1. The number of rotatable bonds is 7. The van der Waals surface area contributed by atoms with E-state index < -0.39 is 5.91 Å². The first-order valence-electron chi connectivity index (χ1n) is 9.76. The molecule has 0 bridgehead atoms. The van der Waals surface area contributed by atoms with Gasteiger partial charge in [-0.05, 0) is 54.6 Å². The number of carbonyl (C=O) groups is 2. The fourth-order valence-corrected chi connectivity index (χ4v) is 3.65. The van der Waals surface area contributed by atoms with Gasteiger partial charge in [0.05, 0.1) is 5.02 Å². The first-order valence-corrected chi connectivity index (χ1v) is 10.9. The molecule has 168 valence electrons. The van der Waals surface area contributed by atoms with Crippen molar-refractivity contribution in [1.29, 1.82) is 0 Å². The minimum Gasteiger partial charge on any atom is -0.484 e. The number of benzene rings is 2. The lowest BCUT2D eigenvalue weighted by molar-refractivity contribution is 0.0991. The Balaban J connectivity index is 1.36. The summed E-state index contributed by atoms with van der Waals surface area (Å²) in [5.74, 6) is 0.317. The third kappa shape index (κ3) is 5.82. The number of amides is 2. The fourth-order valence-electron chi connectivity index (χ4n) is 2.92. The first kappa shape index (κ1) is 22.6. The Morgan fingerprint density at radius 1 is 1.06 bits per heavy atom. The summed E-state index contributed by atoms with van der Waals surface area (Å²) in [5, 5.41) is 10.0. The van der Waals surface area contributed by atoms with E-state index in [2.05, 4.69) is 31.7 Å². The maximum atomic E-state index is 12.6. The number of anilines is 2. The number of hydrogen-bond acceptors (Lipinski definition) is 5. The van der Waals surface area contributed by atoms with Crippen LogP contribution >= 0.6 is 27.5 Å². The van der Waals surface area contributed by atoms with Crippen LogP contribution < -0.4 is 15.4 Å². The predicted octanol–water partition coefficient (Wildman–Crippen LogP) is 5.51. The lowest BCUT2D eigenvalue weighted by atomic mass is 10.2. The topological polar surface area (TPSA) is 98.4 Å². The summed E-state index contributed by atoms with van der Waals surface area (Å²) in [4.78, 5) is 24.9. The van der Waals surface area contributed by atoms with Crippen LogP contribution in [0.25, 0.3) is 0 Å². The number of nitrogens with one attached hydrogen (secondary N) is 2. The molecule has 0 aliphatic rings. The van der Waals surface area contributed by atoms with Gasteiger partial charge in [0.2, 0.25) is 0 Å². The highest BCUT2D eigenvalue weighted by molar-refractivity contribution is 9.10. The van der Waals surface area contributed by atoms with Gasteiger partial charge in [0.15, 0.2) is 11.5 Å². The van der Waals surface area contributed by atoms with Crippen LogP contribution in [0.15, 0.2) is 75.8 Å². The molecule has 2 N–H and O–H groups in total. The molecule has 0 aliphatic heterocycles. The summed E-state index contributed by atoms with van der Waals surface area (Å²) in [6, 6.07) is 16.9. The van der Waals surface area contributed by atoms with Crippen molar-refractivity contribution in [3.05, 3.63) is 93.6 Å². The van der Waals surface area contributed by atoms with Crippen molar-refractivity contribution in [2.24, 2.45) is 7.05 Å². The molecule has 0 fully saturated rings. The smallest absolute Gasteiger partial charge is 0.291 e. The highest BCUT2D eigenvalue weighted by atomic mass is 79.9. The van der Waals surface area contributed by atoms with E-state index in [9.17, 15) is 9.59 Å². The molecule has 0 unspecified atom stereocenters. The van der Waals surface area contributed by atoms with Gasteiger partial charge in [0.1, 0.15) is 18.1 Å². The molecule has 0 saturated carbocycles. The Bertz CT molecular complexity index is 1320. The lowest BCUT2D eigenvalue weighted by Crippen LogP contribution is -2.14. The predicted molar refractivity (Wildman–Crippen MR) is 128 cm³/mol. The van der Waals surface area contributed by atoms with Gasteiger partial charge in [-0.2, -0.15) is 5.10 Å². The van der Waals surface area contributed by atoms with Crippen molar-refractivity contribution >= 4 is 50.7 Å². The van der Waals surface area contributed by atoms with Gasteiger partial charge in [-0.25, -0.2) is 0 Å². The zero-order valence-electron chi connectivity index (χ0n) is 17.3. The Morgan fingerprint density at radius 3 is 2.52 bits per heavy atom. The van der Waals surface area contributed by atoms with Gasteiger partial charge in [-0.1, -0.05) is 33.6 Å². The fraction of sp³-hybridized carbons (Fsp3) is 0.0870. The third-order valence-electron chi connectivity index (χ3n) is 4.47. The van der Waals surface area contributed by atoms with Crippen molar-refractivity contribution in [3.8, 4) is 5.75 Å². The van der Waals surface area contributed by atoms with E-state index in [0.29, 0.717) is 33.6 Å². The molecule has 2 aromatic carbocycles. The van der Waals surface area contributed by atoms with Crippen LogP contribution in [0.4, 0.5) is 11.4 Å². The van der Waals surface area contributed by atoms with Crippen molar-refractivity contribution < 1.29 is 18.7 Å². The standard InChI is InChI=1S/C23H18BrClN4O4/c1-29-10-9-19(28-29)22(30)26-15-3-2-4-16(12-15)27-23(31)21-8-6-17(33-21)13-32-20-7-5-14(24)11-18(20)25/h2-12H,13H2,1H3,(H,26,30)(H,27,31). The van der Waals surface area contributed by atoms with Gasteiger partial charge < -0.3 is 19.8 Å². The number of aryl methyl sites for hydroxylation is 1. The van der Waals surface area contributed by atoms with Crippen LogP contribution in [0.1, 0.15) is 26.8 Å². The molecular weight excluding hydrogens is 512 g/mol. The zero-order chi connectivity index (χ0) is 23.4. The zero-order valence-corrected chi connectivity index (χ0v) is 19.7. The van der Waals surface area contributed by atoms with Crippen LogP contribution in [-0.2, 0) is 13.7 Å². The quantitative estimate of drug-likeness (QED) is 0.329. The maximum absolute atomic E-state index is 12.6. The molecule has 2 amide bonds. The number of ether oxygens (including phenoxy) is 1. The first-order chi connectivity index (χ1) is 15.9. The molecule has 8 nitrogen and oxygen atoms in total. The number of aromatic nitrogens is 2. The molecule has 0 aliphatic carbocycles. The molecule has 0 atom stereocenters. The average Bonchev–Trinajstić information content (AvgIpc) is 3.43. The molecule has 0 saturated heterocycles. The third-order valence-corrected chi connectivity index (χ3v) is 5.26. The molecule has 2 aromatic heterocycles. The highest BCUT2D eigenvalue weighted by Gasteiger charge is 2.14. The van der Waals surface area contributed by atoms with E-state index in [1.807, 2.05) is 6.07 Å². The maximum Gasteiger partial charge on any atom is 0.291 e. The molecule has 10 heteroatoms. The summed E-state index contributed by atoms with van der Waals surface area (Å²) < 4.78 is 13.6. The van der Waals surface area contributed by atoms with E-state index in [1.165, 1.54) is 0 Å². The summed E-state index contributed by atoms with van der Waals surface area (Å²) in [6.07, 6.45) is 1.68. The number of halogens is 2. The number of hydrogen-bond donors (Lipinski definition) is 2. The van der Waals surface area contributed by atoms with E-state index in [1.54, 1.807) is 72.5 Å². The molecular formula is C23H18BrClN4O4. The van der Waals surface area contributed by atoms with Gasteiger partial charge in [-0.3, -0.25) is 14.3 Å².